The van der Waals surface area contributed by atoms with Gasteiger partial charge in [-0.05, 0) is 47.7 Å². The zero-order chi connectivity index (χ0) is 13.3. The smallest absolute Gasteiger partial charge is 0.273 e. The molecule has 0 fully saturated rings. The predicted octanol–water partition coefficient (Wildman–Crippen LogP) is 2.44. The normalized spacial score (nSPS) is 11.4. The molecule has 2 rings (SSSR count). The highest BCUT2D eigenvalue weighted by Crippen LogP contribution is 2.27. The molecule has 18 heavy (non-hydrogen) atoms. The maximum Gasteiger partial charge on any atom is 0.273 e. The molecule has 1 heterocycles. The van der Waals surface area contributed by atoms with E-state index in [0.29, 0.717) is 11.4 Å². The molecule has 0 aliphatic rings. The van der Waals surface area contributed by atoms with Crippen LogP contribution in [-0.2, 0) is 10.0 Å². The molecular weight excluding hydrogens is 385 g/mol. The van der Waals surface area contributed by atoms with Crippen LogP contribution in [-0.4, -0.2) is 13.4 Å². The Labute approximate surface area is 123 Å². The molecule has 0 aliphatic heterocycles. The van der Waals surface area contributed by atoms with Crippen LogP contribution in [0.25, 0.3) is 0 Å². The number of nitrogens with two attached hydrogens (primary N) is 1. The second-order valence-electron chi connectivity index (χ2n) is 3.54. The number of hydrogen-bond acceptors (Lipinski definition) is 5. The van der Waals surface area contributed by atoms with Crippen LogP contribution >= 0.6 is 33.9 Å². The Morgan fingerprint density at radius 2 is 2.17 bits per heavy atom. The largest absolute Gasteiger partial charge is 0.375 e. The number of nitrogens with one attached hydrogen (secondary N) is 1. The summed E-state index contributed by atoms with van der Waals surface area (Å²) < 4.78 is 27.9. The van der Waals surface area contributed by atoms with Gasteiger partial charge in [0.15, 0.2) is 9.34 Å². The Balaban J connectivity index is 2.36. The molecule has 0 bridgehead atoms. The van der Waals surface area contributed by atoms with Gasteiger partial charge in [0.25, 0.3) is 10.0 Å². The van der Waals surface area contributed by atoms with Gasteiger partial charge in [0, 0.05) is 9.26 Å². The van der Waals surface area contributed by atoms with E-state index in [2.05, 4.69) is 32.3 Å². The summed E-state index contributed by atoms with van der Waals surface area (Å²) in [4.78, 5) is 3.91. The molecule has 1 aromatic heterocycles. The molecule has 0 radical (unpaired) electrons. The Bertz CT molecular complexity index is 682. The zero-order valence-electron chi connectivity index (χ0n) is 9.34. The average Bonchev–Trinajstić information content (AvgIpc) is 2.58. The lowest BCUT2D eigenvalue weighted by atomic mass is 10.3. The number of hydrogen-bond donors (Lipinski definition) is 2. The Kier molecular flexibility index (Phi) is 3.78. The van der Waals surface area contributed by atoms with Crippen molar-refractivity contribution in [3.63, 3.8) is 0 Å². The second-order valence-corrected chi connectivity index (χ2v) is 7.69. The van der Waals surface area contributed by atoms with Crippen molar-refractivity contribution in [2.75, 3.05) is 10.5 Å². The molecule has 96 valence electrons. The summed E-state index contributed by atoms with van der Waals surface area (Å²) in [5, 5.41) is 0.246. The summed E-state index contributed by atoms with van der Waals surface area (Å²) in [5.74, 6) is 0. The first kappa shape index (κ1) is 13.6. The van der Waals surface area contributed by atoms with E-state index in [-0.39, 0.29) is 9.34 Å². The van der Waals surface area contributed by atoms with Gasteiger partial charge in [-0.15, -0.1) is 0 Å². The number of rotatable bonds is 3. The predicted molar refractivity (Wildman–Crippen MR) is 81.2 cm³/mol. The summed E-state index contributed by atoms with van der Waals surface area (Å²) in [5.41, 5.74) is 6.44. The lowest BCUT2D eigenvalue weighted by Crippen LogP contribution is -2.12. The monoisotopic (exact) mass is 395 g/mol. The van der Waals surface area contributed by atoms with Crippen molar-refractivity contribution >= 4 is 54.8 Å². The van der Waals surface area contributed by atoms with Crippen molar-refractivity contribution < 1.29 is 8.42 Å². The van der Waals surface area contributed by atoms with Gasteiger partial charge in [-0.3, -0.25) is 4.72 Å². The van der Waals surface area contributed by atoms with Crippen LogP contribution in [0.15, 0.2) is 28.5 Å². The van der Waals surface area contributed by atoms with E-state index < -0.39 is 10.0 Å². The number of thiazole rings is 1. The zero-order valence-corrected chi connectivity index (χ0v) is 13.1. The fourth-order valence-electron chi connectivity index (χ4n) is 1.41. The van der Waals surface area contributed by atoms with Crippen molar-refractivity contribution in [1.29, 1.82) is 0 Å². The average molecular weight is 395 g/mol. The quantitative estimate of drug-likeness (QED) is 0.782. The van der Waals surface area contributed by atoms with Crippen LogP contribution in [0.3, 0.4) is 0 Å². The third-order valence-corrected chi connectivity index (χ3v) is 5.74. The van der Waals surface area contributed by atoms with Gasteiger partial charge in [-0.1, -0.05) is 17.4 Å². The SMILES string of the molecule is Cc1nc(N)sc1S(=O)(=O)Nc1cccc(I)c1. The minimum atomic E-state index is -3.62. The first-order chi connectivity index (χ1) is 8.38. The topological polar surface area (TPSA) is 85.1 Å². The highest BCUT2D eigenvalue weighted by molar-refractivity contribution is 14.1. The van der Waals surface area contributed by atoms with E-state index in [0.717, 1.165) is 14.9 Å². The van der Waals surface area contributed by atoms with Crippen LogP contribution in [0.1, 0.15) is 5.69 Å². The summed E-state index contributed by atoms with van der Waals surface area (Å²) >= 11 is 3.08. The molecule has 0 saturated carbocycles. The molecule has 3 N–H and O–H groups in total. The van der Waals surface area contributed by atoms with Crippen molar-refractivity contribution in [2.24, 2.45) is 0 Å². The summed E-state index contributed by atoms with van der Waals surface area (Å²) in [6.07, 6.45) is 0. The second kappa shape index (κ2) is 5.02. The van der Waals surface area contributed by atoms with E-state index in [9.17, 15) is 8.42 Å². The Morgan fingerprint density at radius 3 is 2.72 bits per heavy atom. The van der Waals surface area contributed by atoms with Crippen LogP contribution in [0.2, 0.25) is 0 Å². The van der Waals surface area contributed by atoms with Crippen LogP contribution < -0.4 is 10.5 Å². The molecule has 0 unspecified atom stereocenters. The minimum absolute atomic E-state index is 0.152. The van der Waals surface area contributed by atoms with Gasteiger partial charge >= 0.3 is 0 Å². The number of sulfonamides is 1. The molecular formula is C10H10IN3O2S2. The van der Waals surface area contributed by atoms with E-state index in [1.807, 2.05) is 6.07 Å². The van der Waals surface area contributed by atoms with Gasteiger partial charge in [0.2, 0.25) is 0 Å². The van der Waals surface area contributed by atoms with Crippen molar-refractivity contribution in [1.82, 2.24) is 4.98 Å². The lowest BCUT2D eigenvalue weighted by Gasteiger charge is -2.06. The molecule has 0 saturated heterocycles. The number of nitrogens with zero attached hydrogens (tertiary/aromatic N) is 1. The molecule has 2 aromatic rings. The van der Waals surface area contributed by atoms with Gasteiger partial charge in [-0.25, -0.2) is 13.4 Å². The molecule has 0 amide bonds. The van der Waals surface area contributed by atoms with Crippen molar-refractivity contribution in [3.8, 4) is 0 Å². The maximum absolute atomic E-state index is 12.1. The first-order valence-corrected chi connectivity index (χ1v) is 8.27. The van der Waals surface area contributed by atoms with Gasteiger partial charge in [0.05, 0.1) is 5.69 Å². The summed E-state index contributed by atoms with van der Waals surface area (Å²) in [6, 6.07) is 7.11. The van der Waals surface area contributed by atoms with E-state index in [4.69, 9.17) is 5.73 Å². The molecule has 1 aromatic carbocycles. The van der Waals surface area contributed by atoms with E-state index in [1.165, 1.54) is 0 Å². The van der Waals surface area contributed by atoms with E-state index >= 15 is 0 Å². The van der Waals surface area contributed by atoms with Crippen molar-refractivity contribution in [3.05, 3.63) is 33.5 Å². The fraction of sp³-hybridized carbons (Fsp3) is 0.100. The summed E-state index contributed by atoms with van der Waals surface area (Å²) in [6.45, 7) is 1.62. The molecule has 0 aliphatic carbocycles. The fourth-order valence-corrected chi connectivity index (χ4v) is 4.30. The van der Waals surface area contributed by atoms with Crippen LogP contribution in [0.4, 0.5) is 10.8 Å². The number of anilines is 2. The third kappa shape index (κ3) is 2.93. The Morgan fingerprint density at radius 1 is 1.44 bits per heavy atom. The molecule has 5 nitrogen and oxygen atoms in total. The lowest BCUT2D eigenvalue weighted by molar-refractivity contribution is 0.602. The highest BCUT2D eigenvalue weighted by Gasteiger charge is 2.21. The number of nitrogen functional groups attached to an aromatic ring is 1. The molecule has 0 spiro atoms. The van der Waals surface area contributed by atoms with Gasteiger partial charge < -0.3 is 5.73 Å². The number of benzene rings is 1. The number of aryl methyl sites for hydroxylation is 1. The minimum Gasteiger partial charge on any atom is -0.375 e. The van der Waals surface area contributed by atoms with Crippen LogP contribution in [0, 0.1) is 10.5 Å². The van der Waals surface area contributed by atoms with Gasteiger partial charge in [-0.2, -0.15) is 0 Å². The summed E-state index contributed by atoms with van der Waals surface area (Å²) in [7, 11) is -3.62. The third-order valence-electron chi connectivity index (χ3n) is 2.09. The maximum atomic E-state index is 12.1. The number of aromatic nitrogens is 1. The standard InChI is InChI=1S/C10H10IN3O2S2/c1-6-9(17-10(12)13-6)18(15,16)14-8-4-2-3-7(11)5-8/h2-5,14H,1H3,(H2,12,13). The highest BCUT2D eigenvalue weighted by atomic mass is 127. The van der Waals surface area contributed by atoms with Crippen molar-refractivity contribution in [2.45, 2.75) is 11.1 Å². The van der Waals surface area contributed by atoms with E-state index in [1.54, 1.807) is 25.1 Å². The Hall–Kier alpha value is -0.870. The number of halogens is 1. The van der Waals surface area contributed by atoms with Gasteiger partial charge in [0.1, 0.15) is 0 Å². The first-order valence-electron chi connectivity index (χ1n) is 4.90. The molecule has 0 atom stereocenters. The van der Waals surface area contributed by atoms with Crippen LogP contribution in [0.5, 0.6) is 0 Å². The molecule has 8 heteroatoms.